The molecule has 0 aliphatic heterocycles. The highest BCUT2D eigenvalue weighted by Crippen LogP contribution is 2.27. The van der Waals surface area contributed by atoms with Gasteiger partial charge in [0.2, 0.25) is 0 Å². The van der Waals surface area contributed by atoms with Crippen molar-refractivity contribution in [1.82, 2.24) is 19.1 Å². The number of rotatable bonds is 5. The maximum absolute atomic E-state index is 13.2. The fourth-order valence-corrected chi connectivity index (χ4v) is 4.07. The van der Waals surface area contributed by atoms with Gasteiger partial charge in [-0.2, -0.15) is 8.78 Å². The molecular weight excluding hydrogens is 441 g/mol. The topological polar surface area (TPSA) is 52.7 Å². The smallest absolute Gasteiger partial charge is 0.277 e. The Hall–Kier alpha value is -2.42. The number of halogens is 4. The molecule has 0 atom stereocenters. The summed E-state index contributed by atoms with van der Waals surface area (Å²) in [5.41, 5.74) is 0.685. The maximum atomic E-state index is 13.2. The van der Waals surface area contributed by atoms with Gasteiger partial charge in [0.1, 0.15) is 5.82 Å². The van der Waals surface area contributed by atoms with E-state index in [1.54, 1.807) is 42.5 Å². The molecule has 4 rings (SSSR count). The highest BCUT2D eigenvalue weighted by molar-refractivity contribution is 7.98. The second-order valence-corrected chi connectivity index (χ2v) is 7.81. The van der Waals surface area contributed by atoms with Crippen LogP contribution in [0, 0.1) is 0 Å². The van der Waals surface area contributed by atoms with Crippen molar-refractivity contribution >= 4 is 45.9 Å². The lowest BCUT2D eigenvalue weighted by atomic mass is 10.2. The van der Waals surface area contributed by atoms with Crippen molar-refractivity contribution in [1.29, 1.82) is 0 Å². The summed E-state index contributed by atoms with van der Waals surface area (Å²) in [4.78, 5) is 21.7. The number of nitrogens with zero attached hydrogens (tertiary/aromatic N) is 4. The first-order chi connectivity index (χ1) is 13.9. The Balaban J connectivity index is 1.84. The molecule has 2 aromatic carbocycles. The largest absolute Gasteiger partial charge is 0.319 e. The van der Waals surface area contributed by atoms with Crippen molar-refractivity contribution in [3.05, 3.63) is 81.1 Å². The van der Waals surface area contributed by atoms with E-state index in [1.165, 1.54) is 17.0 Å². The van der Waals surface area contributed by atoms with Crippen molar-refractivity contribution in [2.45, 2.75) is 17.5 Å². The molecule has 0 bridgehead atoms. The van der Waals surface area contributed by atoms with E-state index in [9.17, 15) is 13.6 Å². The summed E-state index contributed by atoms with van der Waals surface area (Å²) in [5, 5.41) is 1.69. The van der Waals surface area contributed by atoms with Crippen molar-refractivity contribution in [2.75, 3.05) is 0 Å². The van der Waals surface area contributed by atoms with Crippen LogP contribution >= 0.6 is 35.0 Å². The average Bonchev–Trinajstić information content (AvgIpc) is 3.16. The molecule has 0 aliphatic rings. The quantitative estimate of drug-likeness (QED) is 0.293. The molecule has 2 aromatic heterocycles. The molecule has 0 saturated heterocycles. The third-order valence-corrected chi connectivity index (χ3v) is 5.60. The van der Waals surface area contributed by atoms with Crippen molar-refractivity contribution < 1.29 is 8.78 Å². The van der Waals surface area contributed by atoms with Gasteiger partial charge in [-0.05, 0) is 42.5 Å². The maximum Gasteiger partial charge on any atom is 0.319 e. The minimum absolute atomic E-state index is 0.101. The van der Waals surface area contributed by atoms with E-state index in [2.05, 4.69) is 9.97 Å². The molecule has 148 valence electrons. The van der Waals surface area contributed by atoms with Crippen LogP contribution in [0.15, 0.2) is 64.8 Å². The lowest BCUT2D eigenvalue weighted by Gasteiger charge is -2.14. The Morgan fingerprint density at radius 1 is 1.07 bits per heavy atom. The monoisotopic (exact) mass is 452 g/mol. The van der Waals surface area contributed by atoms with E-state index in [1.807, 2.05) is 0 Å². The molecule has 0 amide bonds. The summed E-state index contributed by atoms with van der Waals surface area (Å²) in [6.45, 7) is -2.70. The number of aromatic nitrogens is 4. The fraction of sp³-hybridized carbons (Fsp3) is 0.105. The molecule has 10 heteroatoms. The van der Waals surface area contributed by atoms with Crippen LogP contribution in [0.2, 0.25) is 10.0 Å². The molecule has 0 saturated carbocycles. The van der Waals surface area contributed by atoms with Gasteiger partial charge in [-0.3, -0.25) is 13.9 Å². The van der Waals surface area contributed by atoms with Crippen LogP contribution < -0.4 is 5.56 Å². The number of fused-ring (bicyclic) bond motifs is 1. The summed E-state index contributed by atoms with van der Waals surface area (Å²) >= 11 is 13.1. The van der Waals surface area contributed by atoms with E-state index < -0.39 is 6.55 Å². The van der Waals surface area contributed by atoms with E-state index in [4.69, 9.17) is 23.2 Å². The van der Waals surface area contributed by atoms with E-state index in [0.29, 0.717) is 31.8 Å². The Labute approximate surface area is 177 Å². The molecule has 29 heavy (non-hydrogen) atoms. The summed E-state index contributed by atoms with van der Waals surface area (Å²) in [6.07, 6.45) is 2.52. The van der Waals surface area contributed by atoms with Crippen LogP contribution in [0.25, 0.3) is 16.6 Å². The first-order valence-electron chi connectivity index (χ1n) is 8.35. The number of hydrogen-bond donors (Lipinski definition) is 0. The van der Waals surface area contributed by atoms with Gasteiger partial charge in [-0.15, -0.1) is 0 Å². The van der Waals surface area contributed by atoms with Gasteiger partial charge < -0.3 is 0 Å². The number of alkyl halides is 2. The Bertz CT molecular complexity index is 1240. The molecule has 0 N–H and O–H groups in total. The van der Waals surface area contributed by atoms with Crippen LogP contribution in [-0.4, -0.2) is 19.1 Å². The number of thioether (sulfide) groups is 1. The zero-order chi connectivity index (χ0) is 20.5. The van der Waals surface area contributed by atoms with Crippen LogP contribution in [0.4, 0.5) is 8.78 Å². The van der Waals surface area contributed by atoms with Crippen molar-refractivity contribution in [3.8, 4) is 5.69 Å². The van der Waals surface area contributed by atoms with Gasteiger partial charge in [0.25, 0.3) is 5.56 Å². The van der Waals surface area contributed by atoms with Crippen LogP contribution in [0.5, 0.6) is 0 Å². The number of imidazole rings is 1. The number of benzene rings is 2. The second-order valence-electron chi connectivity index (χ2n) is 5.99. The van der Waals surface area contributed by atoms with Gasteiger partial charge in [0, 0.05) is 22.4 Å². The summed E-state index contributed by atoms with van der Waals surface area (Å²) in [6, 6.07) is 11.5. The van der Waals surface area contributed by atoms with Crippen molar-refractivity contribution in [2.24, 2.45) is 0 Å². The van der Waals surface area contributed by atoms with Gasteiger partial charge in [0.05, 0.1) is 22.3 Å². The first kappa shape index (κ1) is 19.9. The summed E-state index contributed by atoms with van der Waals surface area (Å²) in [5.74, 6) is 0.275. The molecule has 0 aliphatic carbocycles. The molecule has 0 radical (unpaired) electrons. The zero-order valence-electron chi connectivity index (χ0n) is 14.6. The minimum Gasteiger partial charge on any atom is -0.277 e. The van der Waals surface area contributed by atoms with E-state index in [-0.39, 0.29) is 17.1 Å². The molecule has 0 unspecified atom stereocenters. The highest BCUT2D eigenvalue weighted by atomic mass is 35.5. The predicted molar refractivity (Wildman–Crippen MR) is 110 cm³/mol. The number of hydrogen-bond acceptors (Lipinski definition) is 4. The molecule has 0 fully saturated rings. The van der Waals surface area contributed by atoms with E-state index >= 15 is 0 Å². The SMILES string of the molecule is O=c1c2ccc(Cl)cc2nc(SCc2nccn2C(F)F)n1-c1ccc(Cl)cc1. The van der Waals surface area contributed by atoms with Crippen LogP contribution in [0.1, 0.15) is 12.4 Å². The Morgan fingerprint density at radius 2 is 1.79 bits per heavy atom. The first-order valence-corrected chi connectivity index (χ1v) is 10.1. The average molecular weight is 453 g/mol. The zero-order valence-corrected chi connectivity index (χ0v) is 16.9. The Kier molecular flexibility index (Phi) is 5.58. The third kappa shape index (κ3) is 4.01. The third-order valence-electron chi connectivity index (χ3n) is 4.18. The second kappa shape index (κ2) is 8.14. The highest BCUT2D eigenvalue weighted by Gasteiger charge is 2.17. The van der Waals surface area contributed by atoms with Crippen LogP contribution in [0.3, 0.4) is 0 Å². The van der Waals surface area contributed by atoms with Gasteiger partial charge >= 0.3 is 6.55 Å². The molecule has 0 spiro atoms. The van der Waals surface area contributed by atoms with E-state index in [0.717, 1.165) is 16.3 Å². The molecule has 2 heterocycles. The lowest BCUT2D eigenvalue weighted by molar-refractivity contribution is 0.0678. The standard InChI is InChI=1S/C19H12Cl2F2N4OS/c20-11-1-4-13(5-2-11)27-17(28)14-6-3-12(21)9-15(14)25-19(27)29-10-16-24-7-8-26(16)18(22)23/h1-9,18H,10H2. The van der Waals surface area contributed by atoms with Gasteiger partial charge in [0.15, 0.2) is 5.16 Å². The summed E-state index contributed by atoms with van der Waals surface area (Å²) in [7, 11) is 0. The molecule has 5 nitrogen and oxygen atoms in total. The molecular formula is C19H12Cl2F2N4OS. The molecule has 4 aromatic rings. The lowest BCUT2D eigenvalue weighted by Crippen LogP contribution is -2.21. The van der Waals surface area contributed by atoms with Crippen molar-refractivity contribution in [3.63, 3.8) is 0 Å². The fourth-order valence-electron chi connectivity index (χ4n) is 2.82. The van der Waals surface area contributed by atoms with Gasteiger partial charge in [-0.1, -0.05) is 35.0 Å². The van der Waals surface area contributed by atoms with Gasteiger partial charge in [-0.25, -0.2) is 9.97 Å². The Morgan fingerprint density at radius 3 is 2.52 bits per heavy atom. The minimum atomic E-state index is -2.70. The van der Waals surface area contributed by atoms with Crippen LogP contribution in [-0.2, 0) is 5.75 Å². The summed E-state index contributed by atoms with van der Waals surface area (Å²) < 4.78 is 28.4. The normalized spacial score (nSPS) is 11.5. The predicted octanol–water partition coefficient (Wildman–Crippen LogP) is 5.58.